The Morgan fingerprint density at radius 1 is 1.37 bits per heavy atom. The number of alkyl halides is 1. The standard InChI is InChI=1S/C15H21Cl2NO/c1-19-15-6-5-14(17)8-12(15)10-18-9-11-3-2-4-13(16)7-11/h5-6,8,11,13,18H,2-4,7,9-10H2,1H3. The molecule has 0 heterocycles. The van der Waals surface area contributed by atoms with Crippen LogP contribution in [0.25, 0.3) is 0 Å². The second-order valence-electron chi connectivity index (χ2n) is 5.22. The van der Waals surface area contributed by atoms with Crippen LogP contribution in [0.1, 0.15) is 31.2 Å². The molecule has 0 aliphatic heterocycles. The summed E-state index contributed by atoms with van der Waals surface area (Å²) in [5, 5.41) is 4.61. The van der Waals surface area contributed by atoms with Crippen LogP contribution in [0.3, 0.4) is 0 Å². The first-order valence-corrected chi connectivity index (χ1v) is 7.67. The topological polar surface area (TPSA) is 21.3 Å². The summed E-state index contributed by atoms with van der Waals surface area (Å²) < 4.78 is 5.34. The summed E-state index contributed by atoms with van der Waals surface area (Å²) >= 11 is 12.2. The number of hydrogen-bond acceptors (Lipinski definition) is 2. The molecule has 4 heteroatoms. The van der Waals surface area contributed by atoms with Crippen molar-refractivity contribution in [3.63, 3.8) is 0 Å². The van der Waals surface area contributed by atoms with E-state index in [1.54, 1.807) is 7.11 Å². The van der Waals surface area contributed by atoms with Gasteiger partial charge in [0.1, 0.15) is 5.75 Å². The van der Waals surface area contributed by atoms with Crippen LogP contribution in [0.2, 0.25) is 5.02 Å². The Labute approximate surface area is 125 Å². The normalized spacial score (nSPS) is 23.3. The number of benzene rings is 1. The van der Waals surface area contributed by atoms with E-state index in [4.69, 9.17) is 27.9 Å². The van der Waals surface area contributed by atoms with E-state index in [1.165, 1.54) is 19.3 Å². The molecule has 19 heavy (non-hydrogen) atoms. The van der Waals surface area contributed by atoms with Gasteiger partial charge in [-0.05, 0) is 49.9 Å². The van der Waals surface area contributed by atoms with Crippen LogP contribution in [0.15, 0.2) is 18.2 Å². The van der Waals surface area contributed by atoms with Gasteiger partial charge in [-0.3, -0.25) is 0 Å². The van der Waals surface area contributed by atoms with Gasteiger partial charge in [0.05, 0.1) is 7.11 Å². The first-order chi connectivity index (χ1) is 9.19. The van der Waals surface area contributed by atoms with Crippen molar-refractivity contribution in [1.29, 1.82) is 0 Å². The number of halogens is 2. The molecule has 0 radical (unpaired) electrons. The fourth-order valence-electron chi connectivity index (χ4n) is 2.71. The highest BCUT2D eigenvalue weighted by atomic mass is 35.5. The lowest BCUT2D eigenvalue weighted by Gasteiger charge is -2.25. The molecule has 1 saturated carbocycles. The molecule has 2 unspecified atom stereocenters. The van der Waals surface area contributed by atoms with Gasteiger partial charge in [-0.1, -0.05) is 18.0 Å². The predicted molar refractivity (Wildman–Crippen MR) is 81.3 cm³/mol. The van der Waals surface area contributed by atoms with E-state index in [1.807, 2.05) is 18.2 Å². The molecule has 1 aromatic rings. The smallest absolute Gasteiger partial charge is 0.123 e. The van der Waals surface area contributed by atoms with Crippen LogP contribution < -0.4 is 10.1 Å². The summed E-state index contributed by atoms with van der Waals surface area (Å²) in [6, 6.07) is 5.72. The lowest BCUT2D eigenvalue weighted by molar-refractivity contribution is 0.344. The zero-order valence-electron chi connectivity index (χ0n) is 11.3. The highest BCUT2D eigenvalue weighted by Crippen LogP contribution is 2.27. The molecule has 0 spiro atoms. The average Bonchev–Trinajstić information content (AvgIpc) is 2.39. The molecule has 0 aromatic heterocycles. The molecule has 1 aliphatic carbocycles. The van der Waals surface area contributed by atoms with E-state index in [0.717, 1.165) is 35.8 Å². The molecule has 2 nitrogen and oxygen atoms in total. The molecule has 0 amide bonds. The van der Waals surface area contributed by atoms with Gasteiger partial charge in [0.2, 0.25) is 0 Å². The number of ether oxygens (including phenoxy) is 1. The summed E-state index contributed by atoms with van der Waals surface area (Å²) in [6.07, 6.45) is 4.82. The van der Waals surface area contributed by atoms with E-state index < -0.39 is 0 Å². The second-order valence-corrected chi connectivity index (χ2v) is 6.27. The van der Waals surface area contributed by atoms with Crippen LogP contribution in [-0.2, 0) is 6.54 Å². The molecule has 0 bridgehead atoms. The van der Waals surface area contributed by atoms with E-state index >= 15 is 0 Å². The maximum atomic E-state index is 6.21. The largest absolute Gasteiger partial charge is 0.496 e. The van der Waals surface area contributed by atoms with Crippen LogP contribution in [0, 0.1) is 5.92 Å². The third-order valence-corrected chi connectivity index (χ3v) is 4.34. The van der Waals surface area contributed by atoms with Crippen molar-refractivity contribution < 1.29 is 4.74 Å². The molecule has 1 fully saturated rings. The molecular formula is C15H21Cl2NO. The summed E-state index contributed by atoms with van der Waals surface area (Å²) in [5.41, 5.74) is 1.10. The van der Waals surface area contributed by atoms with Crippen LogP contribution in [0.4, 0.5) is 0 Å². The molecule has 1 aliphatic rings. The Morgan fingerprint density at radius 3 is 2.95 bits per heavy atom. The quantitative estimate of drug-likeness (QED) is 0.822. The maximum absolute atomic E-state index is 6.21. The molecule has 1 N–H and O–H groups in total. The highest BCUT2D eigenvalue weighted by Gasteiger charge is 2.19. The van der Waals surface area contributed by atoms with E-state index in [2.05, 4.69) is 5.32 Å². The Kier molecular flexibility index (Phi) is 5.80. The molecular weight excluding hydrogens is 281 g/mol. The van der Waals surface area contributed by atoms with E-state index in [0.29, 0.717) is 11.3 Å². The first-order valence-electron chi connectivity index (χ1n) is 6.86. The third-order valence-electron chi connectivity index (χ3n) is 3.71. The lowest BCUT2D eigenvalue weighted by atomic mass is 9.89. The molecule has 0 saturated heterocycles. The van der Waals surface area contributed by atoms with Gasteiger partial charge < -0.3 is 10.1 Å². The minimum atomic E-state index is 0.362. The fraction of sp³-hybridized carbons (Fsp3) is 0.600. The Morgan fingerprint density at radius 2 is 2.21 bits per heavy atom. The first kappa shape index (κ1) is 15.0. The zero-order valence-corrected chi connectivity index (χ0v) is 12.8. The number of methoxy groups -OCH3 is 1. The second kappa shape index (κ2) is 7.37. The van der Waals surface area contributed by atoms with Gasteiger partial charge in [-0.2, -0.15) is 0 Å². The van der Waals surface area contributed by atoms with Crippen molar-refractivity contribution in [2.24, 2.45) is 5.92 Å². The van der Waals surface area contributed by atoms with Gasteiger partial charge in [-0.15, -0.1) is 11.6 Å². The van der Waals surface area contributed by atoms with E-state index in [9.17, 15) is 0 Å². The van der Waals surface area contributed by atoms with Gasteiger partial charge in [0.15, 0.2) is 0 Å². The van der Waals surface area contributed by atoms with Gasteiger partial charge >= 0.3 is 0 Å². The zero-order chi connectivity index (χ0) is 13.7. The van der Waals surface area contributed by atoms with E-state index in [-0.39, 0.29) is 0 Å². The highest BCUT2D eigenvalue weighted by molar-refractivity contribution is 6.30. The van der Waals surface area contributed by atoms with Crippen molar-refractivity contribution in [2.75, 3.05) is 13.7 Å². The third kappa shape index (κ3) is 4.55. The average molecular weight is 302 g/mol. The maximum Gasteiger partial charge on any atom is 0.123 e. The minimum Gasteiger partial charge on any atom is -0.496 e. The predicted octanol–water partition coefficient (Wildman–Crippen LogP) is 4.24. The van der Waals surface area contributed by atoms with Gasteiger partial charge in [0.25, 0.3) is 0 Å². The number of nitrogens with one attached hydrogen (secondary N) is 1. The molecule has 106 valence electrons. The Bertz CT molecular complexity index is 411. The number of hydrogen-bond donors (Lipinski definition) is 1. The summed E-state index contributed by atoms with van der Waals surface area (Å²) in [6.45, 7) is 1.80. The lowest BCUT2D eigenvalue weighted by Crippen LogP contribution is -2.27. The Balaban J connectivity index is 1.83. The SMILES string of the molecule is COc1ccc(Cl)cc1CNCC1CCCC(Cl)C1. The summed E-state index contributed by atoms with van der Waals surface area (Å²) in [7, 11) is 1.69. The van der Waals surface area contributed by atoms with Crippen molar-refractivity contribution in [2.45, 2.75) is 37.6 Å². The minimum absolute atomic E-state index is 0.362. The number of rotatable bonds is 5. The van der Waals surface area contributed by atoms with Crippen LogP contribution in [-0.4, -0.2) is 19.0 Å². The molecule has 2 atom stereocenters. The monoisotopic (exact) mass is 301 g/mol. The fourth-order valence-corrected chi connectivity index (χ4v) is 3.31. The van der Waals surface area contributed by atoms with Crippen LogP contribution >= 0.6 is 23.2 Å². The summed E-state index contributed by atoms with van der Waals surface area (Å²) in [5.74, 6) is 1.58. The van der Waals surface area contributed by atoms with Crippen LogP contribution in [0.5, 0.6) is 5.75 Å². The van der Waals surface area contributed by atoms with Crippen molar-refractivity contribution in [3.05, 3.63) is 28.8 Å². The van der Waals surface area contributed by atoms with Crippen molar-refractivity contribution in [1.82, 2.24) is 5.32 Å². The summed E-state index contributed by atoms with van der Waals surface area (Å²) in [4.78, 5) is 0. The molecule has 2 rings (SSSR count). The van der Waals surface area contributed by atoms with Crippen molar-refractivity contribution >= 4 is 23.2 Å². The van der Waals surface area contributed by atoms with Gasteiger partial charge in [0, 0.05) is 22.5 Å². The van der Waals surface area contributed by atoms with Crippen molar-refractivity contribution in [3.8, 4) is 5.75 Å². The van der Waals surface area contributed by atoms with Gasteiger partial charge in [-0.25, -0.2) is 0 Å². The Hall–Kier alpha value is -0.440. The molecule has 1 aromatic carbocycles.